The van der Waals surface area contributed by atoms with Crippen molar-refractivity contribution in [1.29, 1.82) is 0 Å². The summed E-state index contributed by atoms with van der Waals surface area (Å²) in [5, 5.41) is 3.66. The molecule has 0 amide bonds. The molecular formula is C16H26N2O. The van der Waals surface area contributed by atoms with Crippen molar-refractivity contribution in [3.8, 4) is 0 Å². The second-order valence-electron chi connectivity index (χ2n) is 5.60. The standard InChI is InChI=1S/C16H26N2O/c1-2-15(14-8-4-3-5-9-14)17-11-13-18-12-7-6-10-16(18)19/h6-7,10,12,14-15,17H,2-5,8-9,11,13H2,1H3. The van der Waals surface area contributed by atoms with Crippen molar-refractivity contribution in [2.24, 2.45) is 5.92 Å². The summed E-state index contributed by atoms with van der Waals surface area (Å²) in [6, 6.07) is 5.96. The molecule has 0 spiro atoms. The van der Waals surface area contributed by atoms with Crippen molar-refractivity contribution in [1.82, 2.24) is 9.88 Å². The highest BCUT2D eigenvalue weighted by Crippen LogP contribution is 2.27. The van der Waals surface area contributed by atoms with Gasteiger partial charge in [0, 0.05) is 31.4 Å². The number of rotatable bonds is 6. The van der Waals surface area contributed by atoms with E-state index >= 15 is 0 Å². The molecule has 0 aliphatic heterocycles. The van der Waals surface area contributed by atoms with E-state index < -0.39 is 0 Å². The van der Waals surface area contributed by atoms with Gasteiger partial charge in [-0.3, -0.25) is 4.79 Å². The van der Waals surface area contributed by atoms with Crippen LogP contribution in [0.15, 0.2) is 29.2 Å². The largest absolute Gasteiger partial charge is 0.314 e. The van der Waals surface area contributed by atoms with E-state index in [0.717, 1.165) is 19.0 Å². The Labute approximate surface area is 116 Å². The number of pyridine rings is 1. The molecule has 1 atom stereocenters. The van der Waals surface area contributed by atoms with Crippen molar-refractivity contribution in [2.75, 3.05) is 6.54 Å². The van der Waals surface area contributed by atoms with Crippen LogP contribution in [0.2, 0.25) is 0 Å². The Kier molecular flexibility index (Phi) is 5.64. The third-order valence-corrected chi connectivity index (χ3v) is 4.32. The van der Waals surface area contributed by atoms with Crippen molar-refractivity contribution in [2.45, 2.75) is 58.0 Å². The van der Waals surface area contributed by atoms with Crippen LogP contribution in [-0.4, -0.2) is 17.2 Å². The van der Waals surface area contributed by atoms with E-state index in [1.807, 2.05) is 12.3 Å². The zero-order valence-corrected chi connectivity index (χ0v) is 12.0. The Morgan fingerprint density at radius 3 is 2.79 bits per heavy atom. The molecule has 3 heteroatoms. The minimum Gasteiger partial charge on any atom is -0.314 e. The molecule has 3 nitrogen and oxygen atoms in total. The van der Waals surface area contributed by atoms with Gasteiger partial charge in [-0.05, 0) is 31.2 Å². The van der Waals surface area contributed by atoms with Crippen molar-refractivity contribution < 1.29 is 0 Å². The molecule has 1 N–H and O–H groups in total. The van der Waals surface area contributed by atoms with E-state index in [-0.39, 0.29) is 5.56 Å². The molecule has 2 rings (SSSR count). The smallest absolute Gasteiger partial charge is 0.250 e. The van der Waals surface area contributed by atoms with E-state index in [2.05, 4.69) is 12.2 Å². The number of nitrogens with one attached hydrogen (secondary N) is 1. The summed E-state index contributed by atoms with van der Waals surface area (Å²) in [5.74, 6) is 0.839. The molecule has 0 saturated heterocycles. The molecule has 1 fully saturated rings. The van der Waals surface area contributed by atoms with Gasteiger partial charge in [0.1, 0.15) is 0 Å². The minimum atomic E-state index is 0.0926. The van der Waals surface area contributed by atoms with Gasteiger partial charge in [0.15, 0.2) is 0 Å². The maximum atomic E-state index is 11.6. The van der Waals surface area contributed by atoms with Gasteiger partial charge < -0.3 is 9.88 Å². The number of aromatic nitrogens is 1. The molecule has 106 valence electrons. The van der Waals surface area contributed by atoms with Gasteiger partial charge in [-0.15, -0.1) is 0 Å². The molecule has 0 bridgehead atoms. The first-order valence-electron chi connectivity index (χ1n) is 7.70. The Hall–Kier alpha value is -1.09. The molecule has 1 aliphatic carbocycles. The average molecular weight is 262 g/mol. The highest BCUT2D eigenvalue weighted by molar-refractivity contribution is 4.93. The summed E-state index contributed by atoms with van der Waals surface area (Å²) in [6.45, 7) is 3.92. The quantitative estimate of drug-likeness (QED) is 0.855. The molecule has 1 saturated carbocycles. The maximum absolute atomic E-state index is 11.6. The first kappa shape index (κ1) is 14.3. The summed E-state index contributed by atoms with van der Waals surface area (Å²) >= 11 is 0. The fourth-order valence-electron chi connectivity index (χ4n) is 3.20. The van der Waals surface area contributed by atoms with E-state index in [9.17, 15) is 4.79 Å². The zero-order valence-electron chi connectivity index (χ0n) is 12.0. The van der Waals surface area contributed by atoms with Crippen LogP contribution in [0.5, 0.6) is 0 Å². The lowest BCUT2D eigenvalue weighted by molar-refractivity contribution is 0.261. The second kappa shape index (κ2) is 7.49. The molecule has 1 aromatic heterocycles. The van der Waals surface area contributed by atoms with Crippen LogP contribution in [0.1, 0.15) is 45.4 Å². The lowest BCUT2D eigenvalue weighted by Gasteiger charge is -2.30. The van der Waals surface area contributed by atoms with Crippen LogP contribution in [0.3, 0.4) is 0 Å². The Bertz CT molecular complexity index is 421. The monoisotopic (exact) mass is 262 g/mol. The number of hydrogen-bond donors (Lipinski definition) is 1. The summed E-state index contributed by atoms with van der Waals surface area (Å²) in [5.41, 5.74) is 0.0926. The molecular weight excluding hydrogens is 236 g/mol. The molecule has 0 radical (unpaired) electrons. The zero-order chi connectivity index (χ0) is 13.5. The van der Waals surface area contributed by atoms with Gasteiger partial charge >= 0.3 is 0 Å². The summed E-state index contributed by atoms with van der Waals surface area (Å²) in [7, 11) is 0. The highest BCUT2D eigenvalue weighted by atomic mass is 16.1. The van der Waals surface area contributed by atoms with Crippen molar-refractivity contribution in [3.05, 3.63) is 34.7 Å². The maximum Gasteiger partial charge on any atom is 0.250 e. The lowest BCUT2D eigenvalue weighted by atomic mass is 9.83. The van der Waals surface area contributed by atoms with Crippen LogP contribution in [0.25, 0.3) is 0 Å². The fraction of sp³-hybridized carbons (Fsp3) is 0.688. The lowest BCUT2D eigenvalue weighted by Crippen LogP contribution is -2.39. The minimum absolute atomic E-state index is 0.0926. The van der Waals surface area contributed by atoms with Gasteiger partial charge in [0.2, 0.25) is 0 Å². The van der Waals surface area contributed by atoms with E-state index in [1.165, 1.54) is 38.5 Å². The summed E-state index contributed by atoms with van der Waals surface area (Å²) in [4.78, 5) is 11.6. The highest BCUT2D eigenvalue weighted by Gasteiger charge is 2.21. The Morgan fingerprint density at radius 2 is 2.11 bits per heavy atom. The fourth-order valence-corrected chi connectivity index (χ4v) is 3.20. The van der Waals surface area contributed by atoms with Crippen molar-refractivity contribution >= 4 is 0 Å². The van der Waals surface area contributed by atoms with Crippen LogP contribution in [-0.2, 0) is 6.54 Å². The Balaban J connectivity index is 1.80. The van der Waals surface area contributed by atoms with E-state index in [1.54, 1.807) is 16.7 Å². The summed E-state index contributed by atoms with van der Waals surface area (Å²) < 4.78 is 1.78. The molecule has 1 aliphatic rings. The van der Waals surface area contributed by atoms with Crippen LogP contribution >= 0.6 is 0 Å². The van der Waals surface area contributed by atoms with E-state index in [4.69, 9.17) is 0 Å². The first-order valence-corrected chi connectivity index (χ1v) is 7.70. The van der Waals surface area contributed by atoms with Crippen LogP contribution < -0.4 is 10.9 Å². The normalized spacial score (nSPS) is 18.4. The average Bonchev–Trinajstić information content (AvgIpc) is 2.46. The van der Waals surface area contributed by atoms with Crippen molar-refractivity contribution in [3.63, 3.8) is 0 Å². The number of hydrogen-bond acceptors (Lipinski definition) is 2. The second-order valence-corrected chi connectivity index (χ2v) is 5.60. The third-order valence-electron chi connectivity index (χ3n) is 4.32. The van der Waals surface area contributed by atoms with Gasteiger partial charge in [-0.25, -0.2) is 0 Å². The molecule has 0 aromatic carbocycles. The van der Waals surface area contributed by atoms with E-state index in [0.29, 0.717) is 6.04 Å². The number of nitrogens with zero attached hydrogens (tertiary/aromatic N) is 1. The first-order chi connectivity index (χ1) is 9.31. The molecule has 1 unspecified atom stereocenters. The summed E-state index contributed by atoms with van der Waals surface area (Å²) in [6.07, 6.45) is 9.99. The van der Waals surface area contributed by atoms with Crippen LogP contribution in [0.4, 0.5) is 0 Å². The van der Waals surface area contributed by atoms with Gasteiger partial charge in [-0.1, -0.05) is 32.3 Å². The SMILES string of the molecule is CCC(NCCn1ccccc1=O)C1CCCCC1. The van der Waals surface area contributed by atoms with Crippen LogP contribution in [0, 0.1) is 5.92 Å². The predicted molar refractivity (Wildman–Crippen MR) is 79.4 cm³/mol. The Morgan fingerprint density at radius 1 is 1.32 bits per heavy atom. The predicted octanol–water partition coefficient (Wildman–Crippen LogP) is 2.80. The van der Waals surface area contributed by atoms with Gasteiger partial charge in [0.05, 0.1) is 0 Å². The van der Waals surface area contributed by atoms with Gasteiger partial charge in [-0.2, -0.15) is 0 Å². The topological polar surface area (TPSA) is 34.0 Å². The van der Waals surface area contributed by atoms with Gasteiger partial charge in [0.25, 0.3) is 5.56 Å². The molecule has 19 heavy (non-hydrogen) atoms. The molecule has 1 heterocycles. The molecule has 1 aromatic rings. The third kappa shape index (κ3) is 4.20.